The van der Waals surface area contributed by atoms with Crippen LogP contribution in [0.1, 0.15) is 11.1 Å². The Morgan fingerprint density at radius 3 is 2.64 bits per heavy atom. The van der Waals surface area contributed by atoms with Gasteiger partial charge in [-0.2, -0.15) is 0 Å². The number of aryl methyl sites for hydroxylation is 1. The number of aliphatic hydroxyl groups excluding tert-OH is 1. The summed E-state index contributed by atoms with van der Waals surface area (Å²) in [6, 6.07) is 12.2. The Hall–Kier alpha value is -2.67. The molecule has 4 aromatic rings. The number of hydrogen-bond acceptors (Lipinski definition) is 5. The SMILES string of the molecule is Cc1cc(CO)c(-c2ccc(N(C)CCN)cc2)c2c1[nH]c(=O)c1sccc12. The van der Waals surface area contributed by atoms with Gasteiger partial charge in [0, 0.05) is 36.6 Å². The molecule has 2 heterocycles. The van der Waals surface area contributed by atoms with Gasteiger partial charge in [-0.15, -0.1) is 11.3 Å². The van der Waals surface area contributed by atoms with Crippen molar-refractivity contribution < 1.29 is 5.11 Å². The Labute approximate surface area is 167 Å². The molecule has 0 aliphatic heterocycles. The second-order valence-electron chi connectivity index (χ2n) is 7.01. The fourth-order valence-electron chi connectivity index (χ4n) is 3.83. The van der Waals surface area contributed by atoms with E-state index >= 15 is 0 Å². The van der Waals surface area contributed by atoms with Gasteiger partial charge in [-0.1, -0.05) is 18.2 Å². The smallest absolute Gasteiger partial charge is 0.266 e. The number of pyridine rings is 1. The molecule has 0 saturated carbocycles. The van der Waals surface area contributed by atoms with Crippen molar-refractivity contribution in [2.75, 3.05) is 25.0 Å². The third-order valence-corrected chi connectivity index (χ3v) is 6.13. The number of nitrogens with zero attached hydrogens (tertiary/aromatic N) is 1. The van der Waals surface area contributed by atoms with Crippen LogP contribution in [0.3, 0.4) is 0 Å². The van der Waals surface area contributed by atoms with Gasteiger partial charge in [-0.05, 0) is 52.8 Å². The fourth-order valence-corrected chi connectivity index (χ4v) is 4.63. The van der Waals surface area contributed by atoms with Gasteiger partial charge < -0.3 is 20.7 Å². The quantitative estimate of drug-likeness (QED) is 0.484. The number of anilines is 1. The van der Waals surface area contributed by atoms with Crippen molar-refractivity contribution in [2.45, 2.75) is 13.5 Å². The van der Waals surface area contributed by atoms with Crippen molar-refractivity contribution in [3.8, 4) is 11.1 Å². The summed E-state index contributed by atoms with van der Waals surface area (Å²) in [5.74, 6) is 0. The summed E-state index contributed by atoms with van der Waals surface area (Å²) in [6.07, 6.45) is 0. The standard InChI is InChI=1S/C22H23N3O2S/c1-13-11-15(12-26)18(14-3-5-16(6-4-14)25(2)9-8-23)19-17-7-10-28-21(17)22(27)24-20(13)19/h3-7,10-11,26H,8-9,12,23H2,1-2H3,(H,24,27). The van der Waals surface area contributed by atoms with Crippen molar-refractivity contribution in [2.24, 2.45) is 5.73 Å². The molecule has 4 rings (SSSR count). The van der Waals surface area contributed by atoms with Gasteiger partial charge in [0.05, 0.1) is 12.1 Å². The molecule has 5 nitrogen and oxygen atoms in total. The third kappa shape index (κ3) is 2.99. The van der Waals surface area contributed by atoms with E-state index in [0.717, 1.165) is 50.8 Å². The molecule has 0 radical (unpaired) electrons. The number of fused-ring (bicyclic) bond motifs is 3. The Balaban J connectivity index is 2.02. The zero-order valence-electron chi connectivity index (χ0n) is 16.0. The number of aromatic nitrogens is 1. The zero-order chi connectivity index (χ0) is 19.8. The lowest BCUT2D eigenvalue weighted by Gasteiger charge is -2.19. The van der Waals surface area contributed by atoms with E-state index < -0.39 is 0 Å². The molecule has 4 N–H and O–H groups in total. The third-order valence-electron chi connectivity index (χ3n) is 5.22. The van der Waals surface area contributed by atoms with E-state index in [-0.39, 0.29) is 12.2 Å². The molecule has 2 aromatic carbocycles. The van der Waals surface area contributed by atoms with Gasteiger partial charge in [0.1, 0.15) is 4.70 Å². The van der Waals surface area contributed by atoms with Crippen LogP contribution in [0, 0.1) is 6.92 Å². The van der Waals surface area contributed by atoms with Crippen LogP contribution in [0.15, 0.2) is 46.6 Å². The molecule has 2 aromatic heterocycles. The minimum atomic E-state index is -0.0675. The molecular formula is C22H23N3O2S. The van der Waals surface area contributed by atoms with Crippen molar-refractivity contribution in [3.63, 3.8) is 0 Å². The van der Waals surface area contributed by atoms with Gasteiger partial charge in [-0.25, -0.2) is 0 Å². The van der Waals surface area contributed by atoms with Crippen LogP contribution < -0.4 is 16.2 Å². The number of aromatic amines is 1. The maximum atomic E-state index is 12.5. The summed E-state index contributed by atoms with van der Waals surface area (Å²) in [6.45, 7) is 3.28. The fraction of sp³-hybridized carbons (Fsp3) is 0.227. The number of thiophene rings is 1. The Morgan fingerprint density at radius 2 is 1.96 bits per heavy atom. The normalized spacial score (nSPS) is 11.4. The zero-order valence-corrected chi connectivity index (χ0v) is 16.8. The lowest BCUT2D eigenvalue weighted by molar-refractivity contribution is 0.282. The van der Waals surface area contributed by atoms with Crippen LogP contribution in [0.2, 0.25) is 0 Å². The first-order valence-electron chi connectivity index (χ1n) is 9.23. The Kier molecular flexibility index (Phi) is 4.93. The summed E-state index contributed by atoms with van der Waals surface area (Å²) in [5.41, 5.74) is 11.3. The highest BCUT2D eigenvalue weighted by molar-refractivity contribution is 7.17. The highest BCUT2D eigenvalue weighted by atomic mass is 32.1. The topological polar surface area (TPSA) is 82.3 Å². The summed E-state index contributed by atoms with van der Waals surface area (Å²) in [5, 5.41) is 13.9. The molecule has 28 heavy (non-hydrogen) atoms. The Morgan fingerprint density at radius 1 is 1.21 bits per heavy atom. The molecule has 0 saturated heterocycles. The van der Waals surface area contributed by atoms with Crippen molar-refractivity contribution in [1.29, 1.82) is 0 Å². The molecule has 0 bridgehead atoms. The number of nitrogens with two attached hydrogens (primary N) is 1. The van der Waals surface area contributed by atoms with Crippen molar-refractivity contribution >= 4 is 38.0 Å². The molecule has 0 aliphatic carbocycles. The van der Waals surface area contributed by atoms with Gasteiger partial charge >= 0.3 is 0 Å². The van der Waals surface area contributed by atoms with E-state index in [4.69, 9.17) is 5.73 Å². The average molecular weight is 394 g/mol. The minimum absolute atomic E-state index is 0.0638. The van der Waals surface area contributed by atoms with Crippen LogP contribution in [-0.2, 0) is 6.61 Å². The van der Waals surface area contributed by atoms with Crippen LogP contribution >= 0.6 is 11.3 Å². The van der Waals surface area contributed by atoms with Crippen molar-refractivity contribution in [1.82, 2.24) is 4.98 Å². The maximum Gasteiger partial charge on any atom is 0.266 e. The first-order valence-corrected chi connectivity index (χ1v) is 10.1. The molecule has 0 fully saturated rings. The van der Waals surface area contributed by atoms with Crippen LogP contribution in [0.4, 0.5) is 5.69 Å². The Bertz CT molecular complexity index is 1210. The first-order chi connectivity index (χ1) is 13.5. The first kappa shape index (κ1) is 18.7. The van der Waals surface area contributed by atoms with E-state index in [0.29, 0.717) is 11.2 Å². The highest BCUT2D eigenvalue weighted by Crippen LogP contribution is 2.38. The van der Waals surface area contributed by atoms with Crippen molar-refractivity contribution in [3.05, 3.63) is 63.3 Å². The van der Waals surface area contributed by atoms with Crippen LogP contribution in [-0.4, -0.2) is 30.2 Å². The number of nitrogens with one attached hydrogen (secondary N) is 1. The second-order valence-corrected chi connectivity index (χ2v) is 7.93. The molecule has 0 amide bonds. The average Bonchev–Trinajstić information content (AvgIpc) is 3.19. The van der Waals surface area contributed by atoms with E-state index in [1.165, 1.54) is 11.3 Å². The molecule has 0 spiro atoms. The minimum Gasteiger partial charge on any atom is -0.392 e. The number of H-pyrrole nitrogens is 1. The monoisotopic (exact) mass is 393 g/mol. The molecular weight excluding hydrogens is 370 g/mol. The number of hydrogen-bond donors (Lipinski definition) is 3. The number of aliphatic hydroxyl groups is 1. The molecule has 0 unspecified atom stereocenters. The largest absolute Gasteiger partial charge is 0.392 e. The molecule has 144 valence electrons. The molecule has 0 aliphatic rings. The van der Waals surface area contributed by atoms with Gasteiger partial charge in [0.2, 0.25) is 0 Å². The van der Waals surface area contributed by atoms with Gasteiger partial charge in [0.15, 0.2) is 0 Å². The predicted molar refractivity (Wildman–Crippen MR) is 118 cm³/mol. The number of rotatable bonds is 5. The summed E-state index contributed by atoms with van der Waals surface area (Å²) in [7, 11) is 2.02. The van der Waals surface area contributed by atoms with Crippen LogP contribution in [0.25, 0.3) is 32.1 Å². The second kappa shape index (κ2) is 7.39. The maximum absolute atomic E-state index is 12.5. The molecule has 6 heteroatoms. The van der Waals surface area contributed by atoms with E-state index in [9.17, 15) is 9.90 Å². The van der Waals surface area contributed by atoms with E-state index in [2.05, 4.69) is 34.1 Å². The lowest BCUT2D eigenvalue weighted by Crippen LogP contribution is -2.24. The summed E-state index contributed by atoms with van der Waals surface area (Å²) >= 11 is 1.44. The van der Waals surface area contributed by atoms with Gasteiger partial charge in [-0.3, -0.25) is 4.79 Å². The number of likely N-dealkylation sites (N-methyl/N-ethyl adjacent to an activating group) is 1. The molecule has 0 atom stereocenters. The summed E-state index contributed by atoms with van der Waals surface area (Å²) < 4.78 is 0.711. The van der Waals surface area contributed by atoms with E-state index in [1.807, 2.05) is 31.5 Å². The highest BCUT2D eigenvalue weighted by Gasteiger charge is 2.17. The van der Waals surface area contributed by atoms with Gasteiger partial charge in [0.25, 0.3) is 5.56 Å². The lowest BCUT2D eigenvalue weighted by atomic mass is 9.91. The predicted octanol–water partition coefficient (Wildman–Crippen LogP) is 3.61. The number of benzene rings is 2. The van der Waals surface area contributed by atoms with Crippen LogP contribution in [0.5, 0.6) is 0 Å². The van der Waals surface area contributed by atoms with E-state index in [1.54, 1.807) is 0 Å². The summed E-state index contributed by atoms with van der Waals surface area (Å²) in [4.78, 5) is 17.6.